The molecule has 1 aromatic heterocycles. The lowest BCUT2D eigenvalue weighted by atomic mass is 10.2. The first-order chi connectivity index (χ1) is 8.33. The van der Waals surface area contributed by atoms with Gasteiger partial charge in [0.2, 0.25) is 5.88 Å². The summed E-state index contributed by atoms with van der Waals surface area (Å²) in [5, 5.41) is 0. The minimum absolute atomic E-state index is 0.371. The number of thioether (sulfide) groups is 1. The van der Waals surface area contributed by atoms with Crippen molar-refractivity contribution in [2.75, 3.05) is 11.5 Å². The highest BCUT2D eigenvalue weighted by molar-refractivity contribution is 7.99. The van der Waals surface area contributed by atoms with Crippen LogP contribution >= 0.6 is 11.8 Å². The van der Waals surface area contributed by atoms with Crippen molar-refractivity contribution < 1.29 is 4.74 Å². The Balaban J connectivity index is 1.82. The van der Waals surface area contributed by atoms with Crippen LogP contribution < -0.4 is 4.74 Å². The topological polar surface area (TPSA) is 35.0 Å². The highest BCUT2D eigenvalue weighted by Crippen LogP contribution is 2.30. The number of hydrogen-bond acceptors (Lipinski definition) is 4. The van der Waals surface area contributed by atoms with Gasteiger partial charge < -0.3 is 4.74 Å². The molecule has 1 fully saturated rings. The maximum absolute atomic E-state index is 6.11. The molecule has 1 aromatic rings. The van der Waals surface area contributed by atoms with Crippen molar-refractivity contribution in [2.45, 2.75) is 45.1 Å². The van der Waals surface area contributed by atoms with Crippen molar-refractivity contribution in [2.24, 2.45) is 0 Å². The fraction of sp³-hybridized carbons (Fsp3) is 0.692. The van der Waals surface area contributed by atoms with E-state index < -0.39 is 0 Å². The molecule has 1 aliphatic heterocycles. The summed E-state index contributed by atoms with van der Waals surface area (Å²) in [6.07, 6.45) is 6.06. The summed E-state index contributed by atoms with van der Waals surface area (Å²) in [5.74, 6) is 4.17. The van der Waals surface area contributed by atoms with E-state index in [0.717, 1.165) is 37.4 Å². The maximum Gasteiger partial charge on any atom is 0.220 e. The third-order valence-electron chi connectivity index (χ3n) is 3.45. The van der Waals surface area contributed by atoms with Crippen LogP contribution in [0.4, 0.5) is 0 Å². The Hall–Kier alpha value is -0.770. The molecule has 0 aromatic carbocycles. The lowest BCUT2D eigenvalue weighted by Crippen LogP contribution is -2.23. The lowest BCUT2D eigenvalue weighted by Gasteiger charge is -2.23. The second kappa shape index (κ2) is 4.84. The Kier molecular flexibility index (Phi) is 3.23. The first-order valence-electron chi connectivity index (χ1n) is 6.44. The minimum atomic E-state index is 0.371. The lowest BCUT2D eigenvalue weighted by molar-refractivity contribution is 0.182. The first-order valence-corrected chi connectivity index (χ1v) is 7.59. The Morgan fingerprint density at radius 1 is 1.18 bits per heavy atom. The first kappa shape index (κ1) is 11.3. The molecular formula is C13H18N2OS. The van der Waals surface area contributed by atoms with E-state index in [9.17, 15) is 0 Å². The van der Waals surface area contributed by atoms with Crippen molar-refractivity contribution >= 4 is 11.8 Å². The number of fused-ring (bicyclic) bond motifs is 1. The van der Waals surface area contributed by atoms with Gasteiger partial charge in [0, 0.05) is 5.56 Å². The van der Waals surface area contributed by atoms with E-state index >= 15 is 0 Å². The zero-order chi connectivity index (χ0) is 11.7. The van der Waals surface area contributed by atoms with Crippen LogP contribution in [0, 0.1) is 6.92 Å². The molecule has 0 atom stereocenters. The Morgan fingerprint density at radius 2 is 2.00 bits per heavy atom. The monoisotopic (exact) mass is 250 g/mol. The van der Waals surface area contributed by atoms with Gasteiger partial charge in [0.1, 0.15) is 11.9 Å². The molecule has 1 saturated heterocycles. The number of hydrogen-bond donors (Lipinski definition) is 0. The zero-order valence-electron chi connectivity index (χ0n) is 10.2. The SMILES string of the molecule is Cc1nc2c(c(OC3CCSCC3)n1)CCC2. The quantitative estimate of drug-likeness (QED) is 0.808. The average Bonchev–Trinajstić information content (AvgIpc) is 2.78. The van der Waals surface area contributed by atoms with Gasteiger partial charge in [-0.25, -0.2) is 4.98 Å². The zero-order valence-corrected chi connectivity index (χ0v) is 11.1. The molecule has 3 nitrogen and oxygen atoms in total. The van der Waals surface area contributed by atoms with Crippen molar-refractivity contribution in [1.29, 1.82) is 0 Å². The summed E-state index contributed by atoms with van der Waals surface area (Å²) in [6, 6.07) is 0. The van der Waals surface area contributed by atoms with Gasteiger partial charge in [-0.1, -0.05) is 0 Å². The van der Waals surface area contributed by atoms with E-state index in [1.165, 1.54) is 29.2 Å². The normalized spacial score (nSPS) is 20.3. The van der Waals surface area contributed by atoms with E-state index in [1.54, 1.807) is 0 Å². The maximum atomic E-state index is 6.11. The summed E-state index contributed by atoms with van der Waals surface area (Å²) >= 11 is 2.03. The number of ether oxygens (including phenoxy) is 1. The summed E-state index contributed by atoms with van der Waals surface area (Å²) in [5.41, 5.74) is 2.49. The van der Waals surface area contributed by atoms with E-state index in [-0.39, 0.29) is 0 Å². The van der Waals surface area contributed by atoms with E-state index in [2.05, 4.69) is 9.97 Å². The van der Waals surface area contributed by atoms with Gasteiger partial charge in [-0.15, -0.1) is 0 Å². The van der Waals surface area contributed by atoms with Crippen LogP contribution in [0.5, 0.6) is 5.88 Å². The fourth-order valence-electron chi connectivity index (χ4n) is 2.57. The van der Waals surface area contributed by atoms with Gasteiger partial charge >= 0.3 is 0 Å². The predicted octanol–water partition coefficient (Wildman–Crippen LogP) is 2.55. The number of nitrogens with zero attached hydrogens (tertiary/aromatic N) is 2. The molecule has 92 valence electrons. The third-order valence-corrected chi connectivity index (χ3v) is 4.50. The Bertz CT molecular complexity index is 416. The summed E-state index contributed by atoms with van der Waals surface area (Å²) in [6.45, 7) is 1.96. The molecule has 4 heteroatoms. The van der Waals surface area contributed by atoms with Crippen LogP contribution in [0.1, 0.15) is 36.3 Å². The molecule has 0 unspecified atom stereocenters. The molecular weight excluding hydrogens is 232 g/mol. The smallest absolute Gasteiger partial charge is 0.220 e. The van der Waals surface area contributed by atoms with E-state index in [4.69, 9.17) is 4.74 Å². The number of aryl methyl sites for hydroxylation is 2. The molecule has 2 aliphatic rings. The highest BCUT2D eigenvalue weighted by atomic mass is 32.2. The highest BCUT2D eigenvalue weighted by Gasteiger charge is 2.23. The molecule has 17 heavy (non-hydrogen) atoms. The summed E-state index contributed by atoms with van der Waals surface area (Å²) in [4.78, 5) is 9.01. The second-order valence-electron chi connectivity index (χ2n) is 4.78. The van der Waals surface area contributed by atoms with Crippen molar-refractivity contribution in [3.05, 3.63) is 17.1 Å². The average molecular weight is 250 g/mol. The molecule has 0 N–H and O–H groups in total. The molecule has 2 heterocycles. The van der Waals surface area contributed by atoms with E-state index in [0.29, 0.717) is 6.10 Å². The Morgan fingerprint density at radius 3 is 2.82 bits per heavy atom. The van der Waals surface area contributed by atoms with Gasteiger partial charge in [-0.3, -0.25) is 0 Å². The largest absolute Gasteiger partial charge is 0.474 e. The molecule has 1 aliphatic carbocycles. The van der Waals surface area contributed by atoms with Crippen LogP contribution in [-0.4, -0.2) is 27.6 Å². The van der Waals surface area contributed by atoms with Crippen LogP contribution in [-0.2, 0) is 12.8 Å². The van der Waals surface area contributed by atoms with Crippen molar-refractivity contribution in [1.82, 2.24) is 9.97 Å². The molecule has 3 rings (SSSR count). The van der Waals surface area contributed by atoms with Crippen LogP contribution in [0.3, 0.4) is 0 Å². The molecule has 0 amide bonds. The van der Waals surface area contributed by atoms with Gasteiger partial charge in [-0.2, -0.15) is 16.7 Å². The molecule has 0 saturated carbocycles. The van der Waals surface area contributed by atoms with Gasteiger partial charge in [-0.05, 0) is 50.5 Å². The van der Waals surface area contributed by atoms with Gasteiger partial charge in [0.15, 0.2) is 0 Å². The fourth-order valence-corrected chi connectivity index (χ4v) is 3.63. The summed E-state index contributed by atoms with van der Waals surface area (Å²) in [7, 11) is 0. The predicted molar refractivity (Wildman–Crippen MR) is 69.8 cm³/mol. The van der Waals surface area contributed by atoms with Gasteiger partial charge in [0.05, 0.1) is 5.69 Å². The van der Waals surface area contributed by atoms with E-state index in [1.807, 2.05) is 18.7 Å². The molecule has 0 radical (unpaired) electrons. The van der Waals surface area contributed by atoms with Crippen LogP contribution in [0.15, 0.2) is 0 Å². The van der Waals surface area contributed by atoms with Gasteiger partial charge in [0.25, 0.3) is 0 Å². The number of rotatable bonds is 2. The summed E-state index contributed by atoms with van der Waals surface area (Å²) < 4.78 is 6.11. The van der Waals surface area contributed by atoms with Crippen LogP contribution in [0.2, 0.25) is 0 Å². The molecule has 0 spiro atoms. The minimum Gasteiger partial charge on any atom is -0.474 e. The van der Waals surface area contributed by atoms with Crippen LogP contribution in [0.25, 0.3) is 0 Å². The number of aromatic nitrogens is 2. The Labute approximate surface area is 106 Å². The van der Waals surface area contributed by atoms with Crippen molar-refractivity contribution in [3.8, 4) is 5.88 Å². The molecule has 0 bridgehead atoms. The van der Waals surface area contributed by atoms with Crippen molar-refractivity contribution in [3.63, 3.8) is 0 Å². The second-order valence-corrected chi connectivity index (χ2v) is 6.01. The standard InChI is InChI=1S/C13H18N2OS/c1-9-14-12-4-2-3-11(12)13(15-9)16-10-5-7-17-8-6-10/h10H,2-8H2,1H3. The third kappa shape index (κ3) is 2.41.